The summed E-state index contributed by atoms with van der Waals surface area (Å²) >= 11 is 0. The van der Waals surface area contributed by atoms with Crippen LogP contribution in [-0.4, -0.2) is 30.1 Å². The van der Waals surface area contributed by atoms with Gasteiger partial charge >= 0.3 is 0 Å². The van der Waals surface area contributed by atoms with E-state index in [0.29, 0.717) is 16.4 Å². The van der Waals surface area contributed by atoms with Gasteiger partial charge in [-0.3, -0.25) is 14.4 Å². The number of benzene rings is 4. The highest BCUT2D eigenvalue weighted by atomic mass is 31.2. The molecule has 6 heteroatoms. The van der Waals surface area contributed by atoms with Crippen molar-refractivity contribution in [2.75, 3.05) is 7.11 Å². The number of Topliss-reactive ketones (excluding diaryl/α,β-unsaturated/α-hetero) is 1. The second-order valence-electron chi connectivity index (χ2n) is 8.57. The highest BCUT2D eigenvalue weighted by Crippen LogP contribution is 2.40. The van der Waals surface area contributed by atoms with Crippen LogP contribution in [0.1, 0.15) is 22.3 Å². The predicted molar refractivity (Wildman–Crippen MR) is 150 cm³/mol. The van der Waals surface area contributed by atoms with Crippen molar-refractivity contribution in [1.29, 1.82) is 0 Å². The van der Waals surface area contributed by atoms with Crippen LogP contribution in [0.3, 0.4) is 0 Å². The monoisotopic (exact) mass is 511 g/mol. The molecule has 0 fully saturated rings. The van der Waals surface area contributed by atoms with E-state index in [4.69, 9.17) is 4.74 Å². The summed E-state index contributed by atoms with van der Waals surface area (Å²) in [6.45, 7) is 0. The van der Waals surface area contributed by atoms with Gasteiger partial charge in [-0.1, -0.05) is 91.0 Å². The first-order chi connectivity index (χ1) is 18.0. The Kier molecular flexibility index (Phi) is 8.86. The molecule has 2 atom stereocenters. The molecular weight excluding hydrogens is 481 g/mol. The Bertz CT molecular complexity index is 1330. The Morgan fingerprint density at radius 1 is 0.838 bits per heavy atom. The first-order valence-electron chi connectivity index (χ1n) is 12.1. The molecule has 0 amide bonds. The molecule has 4 aromatic rings. The lowest BCUT2D eigenvalue weighted by Gasteiger charge is -2.29. The smallest absolute Gasteiger partial charge is 0.204 e. The van der Waals surface area contributed by atoms with Crippen LogP contribution in [0.15, 0.2) is 121 Å². The van der Waals surface area contributed by atoms with Gasteiger partial charge < -0.3 is 9.84 Å². The Morgan fingerprint density at radius 2 is 1.35 bits per heavy atom. The third-order valence-electron chi connectivity index (χ3n) is 6.11. The van der Waals surface area contributed by atoms with Crippen LogP contribution < -0.4 is 20.4 Å². The summed E-state index contributed by atoms with van der Waals surface area (Å²) < 4.78 is 20.0. The number of carbonyl (C=O) groups is 1. The maximum atomic E-state index is 14.7. The zero-order chi connectivity index (χ0) is 26.1. The van der Waals surface area contributed by atoms with Crippen molar-refractivity contribution in [1.82, 2.24) is 5.09 Å². The van der Waals surface area contributed by atoms with Gasteiger partial charge in [-0.2, -0.15) is 0 Å². The van der Waals surface area contributed by atoms with Gasteiger partial charge in [0.2, 0.25) is 7.29 Å². The standard InChI is InChI=1S/C31H30NO4P/c1-36-29-23-12-11-21-27(29)30(33)31(34)28(22-13-16-24-14-5-2-6-15-24)32-37(35,25-17-7-3-8-18-25)26-19-9-4-10-20-26/h2-21,23,28,31,34H,22H2,1H3,(H,32,35)/b16-13+/t28-,31-/m1/s1. The van der Waals surface area contributed by atoms with Gasteiger partial charge in [-0.05, 0) is 48.4 Å². The van der Waals surface area contributed by atoms with Gasteiger partial charge in [-0.25, -0.2) is 0 Å². The molecule has 0 saturated carbocycles. The first kappa shape index (κ1) is 26.3. The van der Waals surface area contributed by atoms with E-state index >= 15 is 0 Å². The van der Waals surface area contributed by atoms with Gasteiger partial charge in [0.05, 0.1) is 18.7 Å². The number of hydrogen-bond acceptors (Lipinski definition) is 4. The summed E-state index contributed by atoms with van der Waals surface area (Å²) in [6, 6.07) is 33.9. The van der Waals surface area contributed by atoms with Crippen molar-refractivity contribution in [3.05, 3.63) is 132 Å². The number of nitrogens with one attached hydrogen (secondary N) is 1. The van der Waals surface area contributed by atoms with E-state index in [9.17, 15) is 14.5 Å². The van der Waals surface area contributed by atoms with Crippen LogP contribution in [0, 0.1) is 0 Å². The van der Waals surface area contributed by atoms with Gasteiger partial charge in [0, 0.05) is 10.6 Å². The van der Waals surface area contributed by atoms with Crippen molar-refractivity contribution >= 4 is 29.8 Å². The molecule has 0 aliphatic carbocycles. The molecule has 0 aromatic heterocycles. The summed E-state index contributed by atoms with van der Waals surface area (Å²) in [4.78, 5) is 13.5. The molecule has 0 bridgehead atoms. The number of methoxy groups -OCH3 is 1. The topological polar surface area (TPSA) is 75.6 Å². The maximum absolute atomic E-state index is 14.7. The van der Waals surface area contributed by atoms with Crippen molar-refractivity contribution in [2.45, 2.75) is 18.6 Å². The number of carbonyl (C=O) groups excluding carboxylic acids is 1. The van der Waals surface area contributed by atoms with E-state index in [1.807, 2.05) is 78.9 Å². The average molecular weight is 512 g/mol. The Morgan fingerprint density at radius 3 is 1.92 bits per heavy atom. The molecule has 4 rings (SSSR count). The summed E-state index contributed by atoms with van der Waals surface area (Å²) in [7, 11) is -1.94. The normalized spacial score (nSPS) is 13.2. The lowest BCUT2D eigenvalue weighted by molar-refractivity contribution is 0.0679. The molecule has 0 aliphatic rings. The molecule has 0 unspecified atom stereocenters. The summed E-state index contributed by atoms with van der Waals surface area (Å²) in [5, 5.41) is 15.8. The second-order valence-corrected chi connectivity index (χ2v) is 11.1. The number of para-hydroxylation sites is 1. The van der Waals surface area contributed by atoms with E-state index in [0.717, 1.165) is 5.56 Å². The molecule has 5 nitrogen and oxygen atoms in total. The zero-order valence-corrected chi connectivity index (χ0v) is 21.5. The number of hydrogen-bond donors (Lipinski definition) is 2. The number of rotatable bonds is 11. The van der Waals surface area contributed by atoms with Crippen LogP contribution in [0.25, 0.3) is 6.08 Å². The first-order valence-corrected chi connectivity index (χ1v) is 13.8. The summed E-state index contributed by atoms with van der Waals surface area (Å²) in [5.74, 6) is -0.129. The van der Waals surface area contributed by atoms with E-state index in [-0.39, 0.29) is 12.0 Å². The van der Waals surface area contributed by atoms with E-state index < -0.39 is 25.2 Å². The van der Waals surface area contributed by atoms with Crippen LogP contribution in [0.2, 0.25) is 0 Å². The molecule has 0 radical (unpaired) electrons. The van der Waals surface area contributed by atoms with Gasteiger partial charge in [0.15, 0.2) is 5.78 Å². The molecule has 188 valence electrons. The molecule has 4 aromatic carbocycles. The van der Waals surface area contributed by atoms with Crippen molar-refractivity contribution < 1.29 is 19.2 Å². The largest absolute Gasteiger partial charge is 0.496 e. The molecule has 0 heterocycles. The maximum Gasteiger partial charge on any atom is 0.204 e. The Hall–Kier alpha value is -3.76. The van der Waals surface area contributed by atoms with Crippen molar-refractivity contribution in [3.8, 4) is 5.75 Å². The average Bonchev–Trinajstić information content (AvgIpc) is 2.97. The van der Waals surface area contributed by atoms with Crippen molar-refractivity contribution in [2.24, 2.45) is 0 Å². The SMILES string of the molecule is COc1ccccc1C(=O)[C@H](O)[C@@H](C/C=C/c1ccccc1)NP(=O)(c1ccccc1)c1ccccc1. The Balaban J connectivity index is 1.72. The molecule has 0 aliphatic heterocycles. The minimum absolute atomic E-state index is 0.264. The molecular formula is C31H30NO4P. The zero-order valence-electron chi connectivity index (χ0n) is 20.6. The van der Waals surface area contributed by atoms with Gasteiger partial charge in [0.1, 0.15) is 11.9 Å². The molecule has 2 N–H and O–H groups in total. The molecule has 0 spiro atoms. The van der Waals surface area contributed by atoms with Crippen LogP contribution in [-0.2, 0) is 4.57 Å². The van der Waals surface area contributed by atoms with Crippen molar-refractivity contribution in [3.63, 3.8) is 0 Å². The number of ether oxygens (including phenoxy) is 1. The fraction of sp³-hybridized carbons (Fsp3) is 0.129. The fourth-order valence-electron chi connectivity index (χ4n) is 4.16. The Labute approximate surface area is 217 Å². The third-order valence-corrected chi connectivity index (χ3v) is 8.86. The van der Waals surface area contributed by atoms with E-state index in [1.165, 1.54) is 7.11 Å². The van der Waals surface area contributed by atoms with E-state index in [1.54, 1.807) is 48.5 Å². The van der Waals surface area contributed by atoms with E-state index in [2.05, 4.69) is 5.09 Å². The predicted octanol–water partition coefficient (Wildman–Crippen LogP) is 5.23. The summed E-state index contributed by atoms with van der Waals surface area (Å²) in [5.41, 5.74) is 1.26. The third kappa shape index (κ3) is 6.33. The number of aliphatic hydroxyl groups is 1. The lowest BCUT2D eigenvalue weighted by Crippen LogP contribution is -2.45. The highest BCUT2D eigenvalue weighted by molar-refractivity contribution is 7.76. The highest BCUT2D eigenvalue weighted by Gasteiger charge is 2.35. The number of ketones is 1. The molecule has 37 heavy (non-hydrogen) atoms. The minimum atomic E-state index is -3.42. The minimum Gasteiger partial charge on any atom is -0.496 e. The molecule has 0 saturated heterocycles. The van der Waals surface area contributed by atoms with Crippen LogP contribution >= 0.6 is 7.29 Å². The van der Waals surface area contributed by atoms with Gasteiger partial charge in [-0.15, -0.1) is 0 Å². The van der Waals surface area contributed by atoms with Gasteiger partial charge in [0.25, 0.3) is 0 Å². The quantitative estimate of drug-likeness (QED) is 0.213. The number of aliphatic hydroxyl groups excluding tert-OH is 1. The summed E-state index contributed by atoms with van der Waals surface area (Å²) in [6.07, 6.45) is 2.59. The second kappa shape index (κ2) is 12.5. The lowest BCUT2D eigenvalue weighted by atomic mass is 9.98. The van der Waals surface area contributed by atoms with Crippen LogP contribution in [0.4, 0.5) is 0 Å². The van der Waals surface area contributed by atoms with Crippen LogP contribution in [0.5, 0.6) is 5.75 Å². The fourth-order valence-corrected chi connectivity index (χ4v) is 6.66.